The Balaban J connectivity index is 2.17. The van der Waals surface area contributed by atoms with E-state index in [4.69, 9.17) is 0 Å². The van der Waals surface area contributed by atoms with Crippen LogP contribution in [0.1, 0.15) is 12.8 Å². The number of nitrogens with zero attached hydrogens (tertiary/aromatic N) is 1. The molecular formula is C11H15BrN2. The van der Waals surface area contributed by atoms with E-state index in [1.165, 1.54) is 18.5 Å². The summed E-state index contributed by atoms with van der Waals surface area (Å²) in [5.41, 5.74) is 1.26. The summed E-state index contributed by atoms with van der Waals surface area (Å²) in [5.74, 6) is 0. The lowest BCUT2D eigenvalue weighted by Crippen LogP contribution is -2.39. The number of nitrogens with one attached hydrogen (secondary N) is 1. The van der Waals surface area contributed by atoms with E-state index in [2.05, 4.69) is 51.4 Å². The maximum Gasteiger partial charge on any atom is 0.0793 e. The summed E-state index contributed by atoms with van der Waals surface area (Å²) in [5, 5.41) is 3.49. The third kappa shape index (κ3) is 1.93. The van der Waals surface area contributed by atoms with Crippen LogP contribution in [-0.2, 0) is 0 Å². The second-order valence-electron chi connectivity index (χ2n) is 3.67. The summed E-state index contributed by atoms with van der Waals surface area (Å²) in [6.45, 7) is 1.14. The quantitative estimate of drug-likeness (QED) is 0.873. The van der Waals surface area contributed by atoms with Crippen molar-refractivity contribution in [1.82, 2.24) is 5.32 Å². The molecule has 1 atom stereocenters. The molecule has 1 aromatic rings. The van der Waals surface area contributed by atoms with Gasteiger partial charge in [0.05, 0.1) is 11.9 Å². The SMILES string of the molecule is CN(c1ccccc1Br)C1CCCN1. The van der Waals surface area contributed by atoms with Gasteiger partial charge >= 0.3 is 0 Å². The maximum atomic E-state index is 3.57. The van der Waals surface area contributed by atoms with Crippen molar-refractivity contribution in [2.45, 2.75) is 19.0 Å². The Labute approximate surface area is 93.4 Å². The van der Waals surface area contributed by atoms with Crippen LogP contribution in [0.2, 0.25) is 0 Å². The van der Waals surface area contributed by atoms with Gasteiger partial charge in [0.25, 0.3) is 0 Å². The van der Waals surface area contributed by atoms with E-state index in [1.54, 1.807) is 0 Å². The fraction of sp³-hybridized carbons (Fsp3) is 0.455. The number of halogens is 1. The number of anilines is 1. The summed E-state index contributed by atoms with van der Waals surface area (Å²) < 4.78 is 1.16. The first-order valence-corrected chi connectivity index (χ1v) is 5.79. The highest BCUT2D eigenvalue weighted by molar-refractivity contribution is 9.10. The molecule has 1 N–H and O–H groups in total. The molecule has 0 bridgehead atoms. The Kier molecular flexibility index (Phi) is 3.08. The average Bonchev–Trinajstić information content (AvgIpc) is 2.70. The van der Waals surface area contributed by atoms with Crippen molar-refractivity contribution in [3.63, 3.8) is 0 Å². The van der Waals surface area contributed by atoms with Crippen molar-refractivity contribution in [2.24, 2.45) is 0 Å². The summed E-state index contributed by atoms with van der Waals surface area (Å²) >= 11 is 3.57. The molecule has 1 fully saturated rings. The molecule has 14 heavy (non-hydrogen) atoms. The smallest absolute Gasteiger partial charge is 0.0793 e. The molecule has 0 radical (unpaired) electrons. The van der Waals surface area contributed by atoms with E-state index < -0.39 is 0 Å². The van der Waals surface area contributed by atoms with Gasteiger partial charge in [-0.2, -0.15) is 0 Å². The van der Waals surface area contributed by atoms with Crippen LogP contribution >= 0.6 is 15.9 Å². The van der Waals surface area contributed by atoms with Crippen molar-refractivity contribution in [1.29, 1.82) is 0 Å². The number of hydrogen-bond donors (Lipinski definition) is 1. The van der Waals surface area contributed by atoms with Gasteiger partial charge < -0.3 is 4.90 Å². The van der Waals surface area contributed by atoms with E-state index in [1.807, 2.05) is 6.07 Å². The Morgan fingerprint density at radius 2 is 2.21 bits per heavy atom. The minimum atomic E-state index is 0.494. The number of para-hydroxylation sites is 1. The van der Waals surface area contributed by atoms with Gasteiger partial charge in [-0.3, -0.25) is 5.32 Å². The lowest BCUT2D eigenvalue weighted by molar-refractivity contribution is 0.593. The van der Waals surface area contributed by atoms with Crippen LogP contribution in [0.5, 0.6) is 0 Å². The van der Waals surface area contributed by atoms with Gasteiger partial charge in [-0.15, -0.1) is 0 Å². The van der Waals surface area contributed by atoms with Crippen molar-refractivity contribution in [3.05, 3.63) is 28.7 Å². The van der Waals surface area contributed by atoms with E-state index in [-0.39, 0.29) is 0 Å². The molecule has 0 aromatic heterocycles. The van der Waals surface area contributed by atoms with Crippen LogP contribution in [0.3, 0.4) is 0 Å². The molecule has 2 nitrogen and oxygen atoms in total. The van der Waals surface area contributed by atoms with E-state index in [0.717, 1.165) is 11.0 Å². The van der Waals surface area contributed by atoms with E-state index in [9.17, 15) is 0 Å². The zero-order valence-corrected chi connectivity index (χ0v) is 9.92. The van der Waals surface area contributed by atoms with Crippen LogP contribution in [0.15, 0.2) is 28.7 Å². The third-order valence-corrected chi connectivity index (χ3v) is 3.40. The van der Waals surface area contributed by atoms with E-state index >= 15 is 0 Å². The maximum absolute atomic E-state index is 3.57. The zero-order chi connectivity index (χ0) is 9.97. The van der Waals surface area contributed by atoms with Gasteiger partial charge in [-0.1, -0.05) is 12.1 Å². The minimum Gasteiger partial charge on any atom is -0.358 e. The largest absolute Gasteiger partial charge is 0.358 e. The first-order valence-electron chi connectivity index (χ1n) is 5.00. The third-order valence-electron chi connectivity index (χ3n) is 2.73. The van der Waals surface area contributed by atoms with Crippen LogP contribution < -0.4 is 10.2 Å². The molecule has 2 rings (SSSR count). The Morgan fingerprint density at radius 3 is 2.86 bits per heavy atom. The van der Waals surface area contributed by atoms with Crippen LogP contribution in [0.4, 0.5) is 5.69 Å². The van der Waals surface area contributed by atoms with Gasteiger partial charge in [0.2, 0.25) is 0 Å². The fourth-order valence-corrected chi connectivity index (χ4v) is 2.47. The molecule has 0 saturated carbocycles. The standard InChI is InChI=1S/C11H15BrN2/c1-14(11-7-4-8-13-11)10-6-3-2-5-9(10)12/h2-3,5-6,11,13H,4,7-8H2,1H3. The summed E-state index contributed by atoms with van der Waals surface area (Å²) in [4.78, 5) is 2.30. The van der Waals surface area contributed by atoms with Gasteiger partial charge in [-0.05, 0) is 47.4 Å². The fourth-order valence-electron chi connectivity index (χ4n) is 1.90. The molecule has 1 unspecified atom stereocenters. The van der Waals surface area contributed by atoms with Crippen LogP contribution in [-0.4, -0.2) is 19.8 Å². The molecule has 3 heteroatoms. The number of hydrogen-bond acceptors (Lipinski definition) is 2. The molecule has 1 aliphatic heterocycles. The molecular weight excluding hydrogens is 240 g/mol. The Bertz CT molecular complexity index is 308. The molecule has 1 saturated heterocycles. The summed E-state index contributed by atoms with van der Waals surface area (Å²) in [7, 11) is 2.14. The molecule has 0 amide bonds. The van der Waals surface area contributed by atoms with Gasteiger partial charge in [0, 0.05) is 11.5 Å². The molecule has 0 aliphatic carbocycles. The van der Waals surface area contributed by atoms with Gasteiger partial charge in [-0.25, -0.2) is 0 Å². The predicted octanol–water partition coefficient (Wildman–Crippen LogP) is 2.59. The molecule has 0 spiro atoms. The Hall–Kier alpha value is -0.540. The monoisotopic (exact) mass is 254 g/mol. The van der Waals surface area contributed by atoms with Crippen molar-refractivity contribution in [2.75, 3.05) is 18.5 Å². The average molecular weight is 255 g/mol. The second-order valence-corrected chi connectivity index (χ2v) is 4.53. The summed E-state index contributed by atoms with van der Waals surface area (Å²) in [6.07, 6.45) is 3.01. The zero-order valence-electron chi connectivity index (χ0n) is 8.33. The second kappa shape index (κ2) is 4.32. The summed E-state index contributed by atoms with van der Waals surface area (Å²) in [6, 6.07) is 8.35. The van der Waals surface area contributed by atoms with Crippen molar-refractivity contribution < 1.29 is 0 Å². The first kappa shape index (κ1) is 9.99. The topological polar surface area (TPSA) is 15.3 Å². The number of benzene rings is 1. The normalized spacial score (nSPS) is 21.1. The van der Waals surface area contributed by atoms with E-state index in [0.29, 0.717) is 6.17 Å². The van der Waals surface area contributed by atoms with Gasteiger partial charge in [0.15, 0.2) is 0 Å². The molecule has 1 aliphatic rings. The highest BCUT2D eigenvalue weighted by Gasteiger charge is 2.19. The number of rotatable bonds is 2. The van der Waals surface area contributed by atoms with Crippen LogP contribution in [0, 0.1) is 0 Å². The first-order chi connectivity index (χ1) is 6.79. The molecule has 1 heterocycles. The minimum absolute atomic E-state index is 0.494. The molecule has 1 aromatic carbocycles. The highest BCUT2D eigenvalue weighted by atomic mass is 79.9. The molecule has 76 valence electrons. The lowest BCUT2D eigenvalue weighted by Gasteiger charge is -2.27. The van der Waals surface area contributed by atoms with Crippen molar-refractivity contribution in [3.8, 4) is 0 Å². The predicted molar refractivity (Wildman–Crippen MR) is 63.6 cm³/mol. The Morgan fingerprint density at radius 1 is 1.43 bits per heavy atom. The van der Waals surface area contributed by atoms with Gasteiger partial charge in [0.1, 0.15) is 0 Å². The van der Waals surface area contributed by atoms with Crippen LogP contribution in [0.25, 0.3) is 0 Å². The van der Waals surface area contributed by atoms with Crippen molar-refractivity contribution >= 4 is 21.6 Å². The highest BCUT2D eigenvalue weighted by Crippen LogP contribution is 2.27. The lowest BCUT2D eigenvalue weighted by atomic mass is 10.2.